The molecule has 30 heavy (non-hydrogen) atoms. The number of carbonyl (C=O) groups excluding carboxylic acids is 4. The summed E-state index contributed by atoms with van der Waals surface area (Å²) in [6.45, 7) is 6.19. The Bertz CT molecular complexity index is 974. The molecular weight excluding hydrogens is 388 g/mol. The van der Waals surface area contributed by atoms with Crippen LogP contribution < -0.4 is 10.6 Å². The Balaban J connectivity index is 2.20. The zero-order valence-corrected chi connectivity index (χ0v) is 17.5. The topological polar surface area (TPSA) is 111 Å². The van der Waals surface area contributed by atoms with E-state index >= 15 is 0 Å². The third-order valence-electron chi connectivity index (χ3n) is 4.31. The van der Waals surface area contributed by atoms with Crippen LogP contribution in [0.15, 0.2) is 42.5 Å². The number of ether oxygens (including phenoxy) is 2. The molecule has 0 bridgehead atoms. The van der Waals surface area contributed by atoms with Crippen LogP contribution in [-0.4, -0.2) is 38.0 Å². The Hall–Kier alpha value is -3.68. The summed E-state index contributed by atoms with van der Waals surface area (Å²) in [4.78, 5) is 48.4. The fourth-order valence-electron chi connectivity index (χ4n) is 2.60. The SMILES string of the molecule is COC(=O)c1ccc(C(=O)OC)c(NC(=O)C(=O)Nc2ccc(C(C)(C)C)cc2)c1. The summed E-state index contributed by atoms with van der Waals surface area (Å²) in [5.41, 5.74) is 1.51. The van der Waals surface area contributed by atoms with Crippen molar-refractivity contribution in [3.8, 4) is 0 Å². The van der Waals surface area contributed by atoms with E-state index in [1.807, 2.05) is 12.1 Å². The first-order chi connectivity index (χ1) is 14.1. The highest BCUT2D eigenvalue weighted by molar-refractivity contribution is 6.44. The first kappa shape index (κ1) is 22.6. The van der Waals surface area contributed by atoms with Crippen molar-refractivity contribution in [2.75, 3.05) is 24.9 Å². The fraction of sp³-hybridized carbons (Fsp3) is 0.273. The van der Waals surface area contributed by atoms with E-state index in [9.17, 15) is 19.2 Å². The Labute approximate surface area is 174 Å². The number of rotatable bonds is 4. The number of benzene rings is 2. The van der Waals surface area contributed by atoms with Gasteiger partial charge in [-0.1, -0.05) is 32.9 Å². The lowest BCUT2D eigenvalue weighted by Gasteiger charge is -2.19. The van der Waals surface area contributed by atoms with Crippen LogP contribution in [-0.2, 0) is 24.5 Å². The molecular formula is C22H24N2O6. The van der Waals surface area contributed by atoms with E-state index in [2.05, 4.69) is 40.9 Å². The van der Waals surface area contributed by atoms with Gasteiger partial charge in [0.25, 0.3) is 0 Å². The molecule has 0 aromatic heterocycles. The lowest BCUT2D eigenvalue weighted by Crippen LogP contribution is -2.30. The molecule has 2 aromatic rings. The van der Waals surface area contributed by atoms with Gasteiger partial charge in [-0.3, -0.25) is 9.59 Å². The minimum Gasteiger partial charge on any atom is -0.465 e. The van der Waals surface area contributed by atoms with E-state index < -0.39 is 23.8 Å². The van der Waals surface area contributed by atoms with Crippen LogP contribution in [0, 0.1) is 0 Å². The number of hydrogen-bond donors (Lipinski definition) is 2. The highest BCUT2D eigenvalue weighted by Gasteiger charge is 2.21. The number of hydrogen-bond acceptors (Lipinski definition) is 6. The minimum atomic E-state index is -1.01. The van der Waals surface area contributed by atoms with Crippen molar-refractivity contribution in [1.82, 2.24) is 0 Å². The van der Waals surface area contributed by atoms with Gasteiger partial charge in [0.05, 0.1) is 31.0 Å². The molecule has 158 valence electrons. The van der Waals surface area contributed by atoms with Gasteiger partial charge in [0.1, 0.15) is 0 Å². The maximum atomic E-state index is 12.4. The summed E-state index contributed by atoms with van der Waals surface area (Å²) >= 11 is 0. The molecule has 8 nitrogen and oxygen atoms in total. The molecule has 0 saturated carbocycles. The lowest BCUT2D eigenvalue weighted by molar-refractivity contribution is -0.133. The normalized spacial score (nSPS) is 10.7. The van der Waals surface area contributed by atoms with Crippen molar-refractivity contribution in [2.24, 2.45) is 0 Å². The van der Waals surface area contributed by atoms with Crippen LogP contribution >= 0.6 is 0 Å². The Morgan fingerprint density at radius 2 is 1.33 bits per heavy atom. The number of methoxy groups -OCH3 is 2. The number of nitrogens with one attached hydrogen (secondary N) is 2. The number of anilines is 2. The van der Waals surface area contributed by atoms with Crippen molar-refractivity contribution in [3.05, 3.63) is 59.2 Å². The highest BCUT2D eigenvalue weighted by atomic mass is 16.5. The summed E-state index contributed by atoms with van der Waals surface area (Å²) in [6.07, 6.45) is 0. The van der Waals surface area contributed by atoms with Crippen LogP contribution in [0.5, 0.6) is 0 Å². The zero-order chi connectivity index (χ0) is 22.5. The molecule has 0 fully saturated rings. The lowest BCUT2D eigenvalue weighted by atomic mass is 9.87. The summed E-state index contributed by atoms with van der Waals surface area (Å²) in [7, 11) is 2.38. The highest BCUT2D eigenvalue weighted by Crippen LogP contribution is 2.24. The van der Waals surface area contributed by atoms with E-state index in [1.54, 1.807) is 12.1 Å². The minimum absolute atomic E-state index is 0.0131. The van der Waals surface area contributed by atoms with Crippen LogP contribution in [0.1, 0.15) is 47.1 Å². The van der Waals surface area contributed by atoms with E-state index in [1.165, 1.54) is 32.4 Å². The van der Waals surface area contributed by atoms with Crippen molar-refractivity contribution >= 4 is 35.1 Å². The van der Waals surface area contributed by atoms with Gasteiger partial charge in [0, 0.05) is 5.69 Å². The largest absolute Gasteiger partial charge is 0.465 e. The molecule has 0 aliphatic rings. The van der Waals surface area contributed by atoms with Gasteiger partial charge in [0.2, 0.25) is 0 Å². The van der Waals surface area contributed by atoms with Crippen molar-refractivity contribution in [2.45, 2.75) is 26.2 Å². The third-order valence-corrected chi connectivity index (χ3v) is 4.31. The molecule has 2 N–H and O–H groups in total. The van der Waals surface area contributed by atoms with Gasteiger partial charge in [-0.15, -0.1) is 0 Å². The molecule has 2 aromatic carbocycles. The van der Waals surface area contributed by atoms with Crippen molar-refractivity contribution in [1.29, 1.82) is 0 Å². The van der Waals surface area contributed by atoms with Crippen LogP contribution in [0.25, 0.3) is 0 Å². The maximum Gasteiger partial charge on any atom is 0.339 e. The van der Waals surface area contributed by atoms with Crippen molar-refractivity contribution in [3.63, 3.8) is 0 Å². The van der Waals surface area contributed by atoms with Gasteiger partial charge in [0.15, 0.2) is 0 Å². The van der Waals surface area contributed by atoms with Gasteiger partial charge in [-0.05, 0) is 41.3 Å². The van der Waals surface area contributed by atoms with Crippen LogP contribution in [0.2, 0.25) is 0 Å². The molecule has 2 rings (SSSR count). The molecule has 2 amide bonds. The second-order valence-electron chi connectivity index (χ2n) is 7.48. The second kappa shape index (κ2) is 9.21. The summed E-state index contributed by atoms with van der Waals surface area (Å²) in [5.74, 6) is -3.34. The quantitative estimate of drug-likeness (QED) is 0.590. The molecule has 0 atom stereocenters. The monoisotopic (exact) mass is 412 g/mol. The number of carbonyl (C=O) groups is 4. The van der Waals surface area contributed by atoms with E-state index in [0.29, 0.717) is 5.69 Å². The molecule has 0 aliphatic heterocycles. The molecule has 0 aliphatic carbocycles. The Morgan fingerprint density at radius 3 is 1.87 bits per heavy atom. The molecule has 0 radical (unpaired) electrons. The fourth-order valence-corrected chi connectivity index (χ4v) is 2.60. The number of esters is 2. The predicted molar refractivity (Wildman–Crippen MR) is 112 cm³/mol. The standard InChI is InChI=1S/C22H24N2O6/c1-22(2,3)14-7-9-15(10-8-14)23-18(25)19(26)24-17-12-13(20(27)29-4)6-11-16(17)21(28)30-5/h6-12H,1-5H3,(H,23,25)(H,24,26). The predicted octanol–water partition coefficient (Wildman–Crippen LogP) is 3.13. The van der Waals surface area contributed by atoms with Crippen LogP contribution in [0.3, 0.4) is 0 Å². The first-order valence-corrected chi connectivity index (χ1v) is 9.10. The summed E-state index contributed by atoms with van der Waals surface area (Å²) < 4.78 is 9.31. The average Bonchev–Trinajstić information content (AvgIpc) is 2.72. The zero-order valence-electron chi connectivity index (χ0n) is 17.5. The summed E-state index contributed by atoms with van der Waals surface area (Å²) in [5, 5.41) is 4.83. The van der Waals surface area contributed by atoms with E-state index in [-0.39, 0.29) is 22.2 Å². The van der Waals surface area contributed by atoms with Gasteiger partial charge >= 0.3 is 23.8 Å². The molecule has 0 unspecified atom stereocenters. The Morgan fingerprint density at radius 1 is 0.767 bits per heavy atom. The van der Waals surface area contributed by atoms with Gasteiger partial charge in [-0.25, -0.2) is 9.59 Å². The molecule has 8 heteroatoms. The van der Waals surface area contributed by atoms with Crippen molar-refractivity contribution < 1.29 is 28.7 Å². The third kappa shape index (κ3) is 5.44. The summed E-state index contributed by atoms with van der Waals surface area (Å²) in [6, 6.07) is 11.0. The van der Waals surface area contributed by atoms with Gasteiger partial charge in [-0.2, -0.15) is 0 Å². The average molecular weight is 412 g/mol. The first-order valence-electron chi connectivity index (χ1n) is 9.10. The smallest absolute Gasteiger partial charge is 0.339 e. The molecule has 0 saturated heterocycles. The maximum absolute atomic E-state index is 12.4. The van der Waals surface area contributed by atoms with Gasteiger partial charge < -0.3 is 20.1 Å². The molecule has 0 spiro atoms. The number of amides is 2. The van der Waals surface area contributed by atoms with Crippen LogP contribution in [0.4, 0.5) is 11.4 Å². The second-order valence-corrected chi connectivity index (χ2v) is 7.48. The van der Waals surface area contributed by atoms with E-state index in [0.717, 1.165) is 5.56 Å². The molecule has 0 heterocycles. The van der Waals surface area contributed by atoms with E-state index in [4.69, 9.17) is 0 Å². The Kier molecular flexibility index (Phi) is 6.94.